The summed E-state index contributed by atoms with van der Waals surface area (Å²) in [6, 6.07) is 0. The first kappa shape index (κ1) is 13.5. The van der Waals surface area contributed by atoms with Crippen LogP contribution in [0.15, 0.2) is 17.3 Å². The molecular formula is C10H18N4O3S. The van der Waals surface area contributed by atoms with Gasteiger partial charge in [-0.2, -0.15) is 9.40 Å². The number of sulfonamides is 1. The number of nitrogens with one attached hydrogen (secondary N) is 1. The number of hydrogen-bond acceptors (Lipinski definition) is 5. The first-order valence-electron chi connectivity index (χ1n) is 5.97. The van der Waals surface area contributed by atoms with E-state index in [0.717, 1.165) is 13.0 Å². The van der Waals surface area contributed by atoms with Crippen LogP contribution in [0.4, 0.5) is 0 Å². The minimum Gasteiger partial charge on any atom is -0.395 e. The lowest BCUT2D eigenvalue weighted by Crippen LogP contribution is -2.35. The van der Waals surface area contributed by atoms with Crippen molar-refractivity contribution >= 4 is 10.0 Å². The van der Waals surface area contributed by atoms with Gasteiger partial charge in [0.15, 0.2) is 0 Å². The van der Waals surface area contributed by atoms with Crippen LogP contribution < -0.4 is 0 Å². The fraction of sp³-hybridized carbons (Fsp3) is 0.700. The third-order valence-electron chi connectivity index (χ3n) is 3.07. The summed E-state index contributed by atoms with van der Waals surface area (Å²) >= 11 is 0. The molecule has 1 aliphatic rings. The Morgan fingerprint density at radius 3 is 2.83 bits per heavy atom. The average Bonchev–Trinajstić information content (AvgIpc) is 2.78. The maximum atomic E-state index is 12.3. The van der Waals surface area contributed by atoms with Gasteiger partial charge in [-0.3, -0.25) is 10.00 Å². The van der Waals surface area contributed by atoms with Gasteiger partial charge < -0.3 is 5.11 Å². The number of aliphatic hydroxyl groups is 1. The normalized spacial score (nSPS) is 19.8. The molecule has 1 aromatic heterocycles. The van der Waals surface area contributed by atoms with Crippen molar-refractivity contribution in [1.82, 2.24) is 19.4 Å². The fourth-order valence-electron chi connectivity index (χ4n) is 2.08. The van der Waals surface area contributed by atoms with E-state index in [1.54, 1.807) is 0 Å². The van der Waals surface area contributed by atoms with Gasteiger partial charge in [0.2, 0.25) is 10.0 Å². The van der Waals surface area contributed by atoms with E-state index in [2.05, 4.69) is 15.1 Å². The van der Waals surface area contributed by atoms with Crippen molar-refractivity contribution in [1.29, 1.82) is 0 Å². The number of H-pyrrole nitrogens is 1. The fourth-order valence-corrected chi connectivity index (χ4v) is 3.46. The van der Waals surface area contributed by atoms with Crippen LogP contribution in [0.25, 0.3) is 0 Å². The van der Waals surface area contributed by atoms with Gasteiger partial charge in [-0.25, -0.2) is 8.42 Å². The summed E-state index contributed by atoms with van der Waals surface area (Å²) in [5, 5.41) is 15.1. The highest BCUT2D eigenvalue weighted by atomic mass is 32.2. The molecule has 0 bridgehead atoms. The second-order valence-electron chi connectivity index (χ2n) is 4.26. The number of rotatable bonds is 4. The van der Waals surface area contributed by atoms with E-state index >= 15 is 0 Å². The number of β-amino-alcohol motifs (C(OH)–C–C–N with tert-alkyl or cyclic N) is 1. The van der Waals surface area contributed by atoms with E-state index in [-0.39, 0.29) is 11.5 Å². The molecule has 0 radical (unpaired) electrons. The van der Waals surface area contributed by atoms with Gasteiger partial charge in [0.25, 0.3) is 0 Å². The minimum atomic E-state index is -3.43. The molecule has 1 saturated heterocycles. The van der Waals surface area contributed by atoms with Crippen molar-refractivity contribution in [3.63, 3.8) is 0 Å². The van der Waals surface area contributed by atoms with Gasteiger partial charge >= 0.3 is 0 Å². The molecular weight excluding hydrogens is 256 g/mol. The highest BCUT2D eigenvalue weighted by Gasteiger charge is 2.27. The summed E-state index contributed by atoms with van der Waals surface area (Å²) in [5.74, 6) is 0. The second kappa shape index (κ2) is 5.79. The minimum absolute atomic E-state index is 0.106. The summed E-state index contributed by atoms with van der Waals surface area (Å²) in [7, 11) is -3.43. The van der Waals surface area contributed by atoms with Crippen molar-refractivity contribution in [2.45, 2.75) is 11.3 Å². The monoisotopic (exact) mass is 274 g/mol. The van der Waals surface area contributed by atoms with Crippen molar-refractivity contribution in [3.05, 3.63) is 12.4 Å². The Bertz CT molecular complexity index is 459. The lowest BCUT2D eigenvalue weighted by atomic mass is 10.4. The molecule has 0 saturated carbocycles. The maximum absolute atomic E-state index is 12.3. The second-order valence-corrected chi connectivity index (χ2v) is 6.19. The van der Waals surface area contributed by atoms with E-state index in [4.69, 9.17) is 5.11 Å². The molecule has 0 unspecified atom stereocenters. The number of hydrogen-bond donors (Lipinski definition) is 2. The molecule has 0 amide bonds. The molecule has 0 aromatic carbocycles. The van der Waals surface area contributed by atoms with Gasteiger partial charge in [-0.05, 0) is 13.0 Å². The number of aromatic nitrogens is 2. The molecule has 18 heavy (non-hydrogen) atoms. The summed E-state index contributed by atoms with van der Waals surface area (Å²) in [6.45, 7) is 3.13. The molecule has 8 heteroatoms. The molecule has 2 rings (SSSR count). The molecule has 0 atom stereocenters. The maximum Gasteiger partial charge on any atom is 0.246 e. The van der Waals surface area contributed by atoms with Crippen LogP contribution in [-0.4, -0.2) is 72.3 Å². The van der Waals surface area contributed by atoms with E-state index in [9.17, 15) is 8.42 Å². The molecule has 102 valence electrons. The lowest BCUT2D eigenvalue weighted by molar-refractivity contribution is 0.202. The average molecular weight is 274 g/mol. The van der Waals surface area contributed by atoms with E-state index < -0.39 is 10.0 Å². The van der Waals surface area contributed by atoms with Crippen LogP contribution in [0, 0.1) is 0 Å². The van der Waals surface area contributed by atoms with Crippen molar-refractivity contribution < 1.29 is 13.5 Å². The van der Waals surface area contributed by atoms with Crippen LogP contribution in [0.3, 0.4) is 0 Å². The summed E-state index contributed by atoms with van der Waals surface area (Å²) in [4.78, 5) is 2.28. The van der Waals surface area contributed by atoms with Crippen LogP contribution in [0.2, 0.25) is 0 Å². The van der Waals surface area contributed by atoms with Gasteiger partial charge in [0, 0.05) is 32.4 Å². The largest absolute Gasteiger partial charge is 0.395 e. The molecule has 7 nitrogen and oxygen atoms in total. The standard InChI is InChI=1S/C10H18N4O3S/c15-7-6-13-2-1-3-14(5-4-13)18(16,17)10-8-11-12-9-10/h8-9,15H,1-7H2,(H,11,12). The van der Waals surface area contributed by atoms with Crippen LogP contribution >= 0.6 is 0 Å². The summed E-state index contributed by atoms with van der Waals surface area (Å²) in [5.41, 5.74) is 0. The molecule has 1 aromatic rings. The van der Waals surface area contributed by atoms with E-state index in [1.807, 2.05) is 0 Å². The highest BCUT2D eigenvalue weighted by molar-refractivity contribution is 7.89. The van der Waals surface area contributed by atoms with E-state index in [1.165, 1.54) is 16.7 Å². The summed E-state index contributed by atoms with van der Waals surface area (Å²) < 4.78 is 26.0. The Labute approximate surface area is 106 Å². The van der Waals surface area contributed by atoms with Crippen molar-refractivity contribution in [2.24, 2.45) is 0 Å². The van der Waals surface area contributed by atoms with Gasteiger partial charge in [-0.15, -0.1) is 0 Å². The molecule has 2 heterocycles. The topological polar surface area (TPSA) is 89.5 Å². The van der Waals surface area contributed by atoms with Gasteiger partial charge in [0.05, 0.1) is 12.8 Å². The van der Waals surface area contributed by atoms with Crippen LogP contribution in [-0.2, 0) is 10.0 Å². The first-order valence-corrected chi connectivity index (χ1v) is 7.41. The predicted molar refractivity (Wildman–Crippen MR) is 65.5 cm³/mol. The summed E-state index contributed by atoms with van der Waals surface area (Å²) in [6.07, 6.45) is 3.49. The highest BCUT2D eigenvalue weighted by Crippen LogP contribution is 2.15. The quantitative estimate of drug-likeness (QED) is 0.742. The Kier molecular flexibility index (Phi) is 4.33. The Hall–Kier alpha value is -0.960. The lowest BCUT2D eigenvalue weighted by Gasteiger charge is -2.20. The molecule has 1 aliphatic heterocycles. The molecule has 0 aliphatic carbocycles. The number of aliphatic hydroxyl groups excluding tert-OH is 1. The predicted octanol–water partition coefficient (Wildman–Crippen LogP) is -0.902. The zero-order chi connectivity index (χ0) is 13.0. The van der Waals surface area contributed by atoms with E-state index in [0.29, 0.717) is 26.2 Å². The van der Waals surface area contributed by atoms with Crippen LogP contribution in [0.5, 0.6) is 0 Å². The number of aromatic amines is 1. The van der Waals surface area contributed by atoms with Gasteiger partial charge in [0.1, 0.15) is 4.90 Å². The SMILES string of the molecule is O=S(=O)(c1cn[nH]c1)N1CCCN(CCO)CC1. The zero-order valence-corrected chi connectivity index (χ0v) is 10.9. The van der Waals surface area contributed by atoms with Crippen molar-refractivity contribution in [2.75, 3.05) is 39.3 Å². The van der Waals surface area contributed by atoms with Crippen molar-refractivity contribution in [3.8, 4) is 0 Å². The first-order chi connectivity index (χ1) is 8.64. The Morgan fingerprint density at radius 1 is 1.33 bits per heavy atom. The Morgan fingerprint density at radius 2 is 2.17 bits per heavy atom. The zero-order valence-electron chi connectivity index (χ0n) is 10.1. The Balaban J connectivity index is 2.06. The molecule has 1 fully saturated rings. The third-order valence-corrected chi connectivity index (χ3v) is 4.94. The van der Waals surface area contributed by atoms with Crippen LogP contribution in [0.1, 0.15) is 6.42 Å². The molecule has 0 spiro atoms. The smallest absolute Gasteiger partial charge is 0.246 e. The molecule has 2 N–H and O–H groups in total. The van der Waals surface area contributed by atoms with Gasteiger partial charge in [-0.1, -0.05) is 0 Å². The number of nitrogens with zero attached hydrogens (tertiary/aromatic N) is 3. The third kappa shape index (κ3) is 2.89.